The molecule has 1 heterocycles. The first-order valence-corrected chi connectivity index (χ1v) is 6.42. The van der Waals surface area contributed by atoms with Crippen molar-refractivity contribution in [1.29, 1.82) is 5.26 Å². The third-order valence-corrected chi connectivity index (χ3v) is 4.12. The van der Waals surface area contributed by atoms with Crippen molar-refractivity contribution >= 4 is 0 Å². The van der Waals surface area contributed by atoms with E-state index in [4.69, 9.17) is 9.47 Å². The van der Waals surface area contributed by atoms with Gasteiger partial charge in [-0.25, -0.2) is 0 Å². The van der Waals surface area contributed by atoms with Crippen LogP contribution in [0, 0.1) is 16.7 Å². The fourth-order valence-corrected chi connectivity index (χ4v) is 2.63. The Morgan fingerprint density at radius 3 is 2.68 bits per heavy atom. The lowest BCUT2D eigenvalue weighted by molar-refractivity contribution is -0.0975. The van der Waals surface area contributed by atoms with Crippen molar-refractivity contribution in [2.75, 3.05) is 20.3 Å². The Kier molecular flexibility index (Phi) is 3.79. The minimum Gasteiger partial charge on any atom is -0.497 e. The number of benzene rings is 1. The highest BCUT2D eigenvalue weighted by molar-refractivity contribution is 5.35. The van der Waals surface area contributed by atoms with Crippen LogP contribution in [-0.2, 0) is 10.3 Å². The van der Waals surface area contributed by atoms with Crippen molar-refractivity contribution in [1.82, 2.24) is 0 Å². The highest BCUT2D eigenvalue weighted by Gasteiger charge is 2.49. The molecule has 0 saturated carbocycles. The predicted molar refractivity (Wildman–Crippen MR) is 70.7 cm³/mol. The summed E-state index contributed by atoms with van der Waals surface area (Å²) in [5, 5.41) is 20.5. The van der Waals surface area contributed by atoms with Crippen LogP contribution < -0.4 is 4.74 Å². The van der Waals surface area contributed by atoms with Crippen molar-refractivity contribution in [2.24, 2.45) is 5.41 Å². The molecule has 0 aromatic heterocycles. The summed E-state index contributed by atoms with van der Waals surface area (Å²) in [7, 11) is 1.59. The van der Waals surface area contributed by atoms with Crippen LogP contribution in [0.25, 0.3) is 0 Å². The quantitative estimate of drug-likeness (QED) is 0.906. The second kappa shape index (κ2) is 5.20. The molecule has 0 spiro atoms. The molecular weight excluding hydrogens is 242 g/mol. The fraction of sp³-hybridized carbons (Fsp3) is 0.533. The van der Waals surface area contributed by atoms with Crippen molar-refractivity contribution in [3.8, 4) is 11.8 Å². The summed E-state index contributed by atoms with van der Waals surface area (Å²) in [4.78, 5) is 0. The van der Waals surface area contributed by atoms with E-state index in [0.717, 1.165) is 0 Å². The van der Waals surface area contributed by atoms with Gasteiger partial charge >= 0.3 is 0 Å². The zero-order valence-electron chi connectivity index (χ0n) is 11.3. The maximum absolute atomic E-state index is 10.9. The van der Waals surface area contributed by atoms with Gasteiger partial charge in [0.05, 0.1) is 18.6 Å². The van der Waals surface area contributed by atoms with Crippen LogP contribution in [0.4, 0.5) is 0 Å². The average Bonchev–Trinajstić information content (AvgIpc) is 2.47. The molecule has 1 fully saturated rings. The van der Waals surface area contributed by atoms with Gasteiger partial charge in [0.2, 0.25) is 0 Å². The topological polar surface area (TPSA) is 62.5 Å². The van der Waals surface area contributed by atoms with Gasteiger partial charge in [0.1, 0.15) is 11.4 Å². The standard InChI is InChI=1S/C15H19NO3/c1-14(17,12-4-3-5-13(10-12)18-2)15(11-16)6-8-19-9-7-15/h3-5,10,17H,6-9H2,1-2H3. The molecule has 19 heavy (non-hydrogen) atoms. The Morgan fingerprint density at radius 2 is 2.11 bits per heavy atom. The van der Waals surface area contributed by atoms with Gasteiger partial charge in [0.15, 0.2) is 0 Å². The van der Waals surface area contributed by atoms with E-state index in [9.17, 15) is 10.4 Å². The van der Waals surface area contributed by atoms with E-state index < -0.39 is 11.0 Å². The van der Waals surface area contributed by atoms with Crippen molar-refractivity contribution in [3.05, 3.63) is 29.8 Å². The summed E-state index contributed by atoms with van der Waals surface area (Å²) >= 11 is 0. The van der Waals surface area contributed by atoms with E-state index in [1.807, 2.05) is 18.2 Å². The Bertz CT molecular complexity index is 484. The number of methoxy groups -OCH3 is 1. The molecule has 0 bridgehead atoms. The maximum atomic E-state index is 10.9. The first-order valence-electron chi connectivity index (χ1n) is 6.42. The summed E-state index contributed by atoms with van der Waals surface area (Å²) in [5.41, 5.74) is -1.33. The average molecular weight is 261 g/mol. The first-order chi connectivity index (χ1) is 9.05. The monoisotopic (exact) mass is 261 g/mol. The zero-order chi connectivity index (χ0) is 13.9. The SMILES string of the molecule is COc1cccc(C(C)(O)C2(C#N)CCOCC2)c1. The van der Waals surface area contributed by atoms with Crippen molar-refractivity contribution in [3.63, 3.8) is 0 Å². The molecule has 1 unspecified atom stereocenters. The summed E-state index contributed by atoms with van der Waals surface area (Å²) in [6.07, 6.45) is 1.07. The van der Waals surface area contributed by atoms with Gasteiger partial charge < -0.3 is 14.6 Å². The number of rotatable bonds is 3. The minimum atomic E-state index is -1.22. The van der Waals surface area contributed by atoms with Crippen LogP contribution in [0.2, 0.25) is 0 Å². The van der Waals surface area contributed by atoms with Crippen LogP contribution >= 0.6 is 0 Å². The molecule has 1 aliphatic heterocycles. The summed E-state index contributed by atoms with van der Waals surface area (Å²) < 4.78 is 10.5. The Morgan fingerprint density at radius 1 is 1.42 bits per heavy atom. The van der Waals surface area contributed by atoms with E-state index in [1.54, 1.807) is 20.1 Å². The number of ether oxygens (including phenoxy) is 2. The molecule has 0 amide bonds. The molecule has 4 nitrogen and oxygen atoms in total. The van der Waals surface area contributed by atoms with E-state index in [-0.39, 0.29) is 0 Å². The Balaban J connectivity index is 2.41. The van der Waals surface area contributed by atoms with Crippen molar-refractivity contribution < 1.29 is 14.6 Å². The molecule has 1 aromatic carbocycles. The van der Waals surface area contributed by atoms with E-state index in [2.05, 4.69) is 6.07 Å². The second-order valence-electron chi connectivity index (χ2n) is 5.11. The molecule has 1 N–H and O–H groups in total. The molecule has 0 radical (unpaired) electrons. The number of aliphatic hydroxyl groups is 1. The van der Waals surface area contributed by atoms with Crippen LogP contribution in [0.1, 0.15) is 25.3 Å². The molecule has 1 atom stereocenters. The van der Waals surface area contributed by atoms with Crippen LogP contribution in [0.5, 0.6) is 5.75 Å². The van der Waals surface area contributed by atoms with Crippen LogP contribution in [0.3, 0.4) is 0 Å². The molecule has 102 valence electrons. The van der Waals surface area contributed by atoms with Crippen molar-refractivity contribution in [2.45, 2.75) is 25.4 Å². The number of nitrogens with zero attached hydrogens (tertiary/aromatic N) is 1. The van der Waals surface area contributed by atoms with E-state index in [1.165, 1.54) is 0 Å². The largest absolute Gasteiger partial charge is 0.497 e. The third kappa shape index (κ3) is 2.32. The van der Waals surface area contributed by atoms with Gasteiger partial charge in [-0.05, 0) is 37.5 Å². The third-order valence-electron chi connectivity index (χ3n) is 4.12. The van der Waals surface area contributed by atoms with Gasteiger partial charge in [0, 0.05) is 13.2 Å². The second-order valence-corrected chi connectivity index (χ2v) is 5.11. The highest BCUT2D eigenvalue weighted by Crippen LogP contribution is 2.46. The first kappa shape index (κ1) is 13.9. The molecule has 2 rings (SSSR count). The number of hydrogen-bond acceptors (Lipinski definition) is 4. The highest BCUT2D eigenvalue weighted by atomic mass is 16.5. The van der Waals surface area contributed by atoms with Gasteiger partial charge in [-0.15, -0.1) is 0 Å². The minimum absolute atomic E-state index is 0.508. The fourth-order valence-electron chi connectivity index (χ4n) is 2.63. The maximum Gasteiger partial charge on any atom is 0.119 e. The van der Waals surface area contributed by atoms with Crippen LogP contribution in [-0.4, -0.2) is 25.4 Å². The Hall–Kier alpha value is -1.57. The molecule has 1 saturated heterocycles. The number of hydrogen-bond donors (Lipinski definition) is 1. The Labute approximate surface area is 113 Å². The normalized spacial score (nSPS) is 21.2. The molecule has 1 aliphatic rings. The lowest BCUT2D eigenvalue weighted by Gasteiger charge is -2.43. The summed E-state index contributed by atoms with van der Waals surface area (Å²) in [5.74, 6) is 0.679. The summed E-state index contributed by atoms with van der Waals surface area (Å²) in [6.45, 7) is 2.72. The zero-order valence-corrected chi connectivity index (χ0v) is 11.3. The van der Waals surface area contributed by atoms with Gasteiger partial charge in [-0.3, -0.25) is 0 Å². The number of nitriles is 1. The van der Waals surface area contributed by atoms with Crippen LogP contribution in [0.15, 0.2) is 24.3 Å². The molecule has 4 heteroatoms. The lowest BCUT2D eigenvalue weighted by Crippen LogP contribution is -2.46. The summed E-state index contributed by atoms with van der Waals surface area (Å²) in [6, 6.07) is 9.59. The predicted octanol–water partition coefficient (Wildman–Crippen LogP) is 2.22. The smallest absolute Gasteiger partial charge is 0.119 e. The molecular formula is C15H19NO3. The van der Waals surface area contributed by atoms with Gasteiger partial charge in [0.25, 0.3) is 0 Å². The molecule has 1 aromatic rings. The lowest BCUT2D eigenvalue weighted by atomic mass is 9.66. The molecule has 0 aliphatic carbocycles. The van der Waals surface area contributed by atoms with E-state index in [0.29, 0.717) is 37.4 Å². The van der Waals surface area contributed by atoms with Gasteiger partial charge in [-0.1, -0.05) is 12.1 Å². The van der Waals surface area contributed by atoms with Gasteiger partial charge in [-0.2, -0.15) is 5.26 Å². The van der Waals surface area contributed by atoms with E-state index >= 15 is 0 Å².